The van der Waals surface area contributed by atoms with E-state index < -0.39 is 0 Å². The van der Waals surface area contributed by atoms with Crippen molar-refractivity contribution < 1.29 is 9.18 Å². The Morgan fingerprint density at radius 2 is 1.97 bits per heavy atom. The zero-order valence-corrected chi connectivity index (χ0v) is 16.8. The zero-order valence-electron chi connectivity index (χ0n) is 16.8. The first-order valence-electron chi connectivity index (χ1n) is 9.82. The van der Waals surface area contributed by atoms with Gasteiger partial charge in [0.05, 0.1) is 11.4 Å². The van der Waals surface area contributed by atoms with Gasteiger partial charge in [-0.05, 0) is 57.9 Å². The zero-order chi connectivity index (χ0) is 20.5. The fourth-order valence-electron chi connectivity index (χ4n) is 3.82. The van der Waals surface area contributed by atoms with Gasteiger partial charge in [0.25, 0.3) is 5.91 Å². The maximum atomic E-state index is 13.2. The number of carbonyl (C=O) groups excluding carboxylic acids is 1. The standard InChI is InChI=1S/C20H24FN7O/c1-13(2)27-12-22-24-19(27)15-5-4-10-26(11-15)20(29)18-14(3)28(25-23-18)17-8-6-16(21)7-9-17/h6-9,12-13,15H,4-5,10-11H2,1-3H3. The average molecular weight is 397 g/mol. The summed E-state index contributed by atoms with van der Waals surface area (Å²) >= 11 is 0. The number of halogens is 1. The summed E-state index contributed by atoms with van der Waals surface area (Å²) in [5.74, 6) is 0.599. The maximum Gasteiger partial charge on any atom is 0.276 e. The molecule has 0 saturated carbocycles. The van der Waals surface area contributed by atoms with Gasteiger partial charge in [0, 0.05) is 25.0 Å². The Balaban J connectivity index is 1.55. The lowest BCUT2D eigenvalue weighted by Crippen LogP contribution is -2.40. The van der Waals surface area contributed by atoms with Crippen LogP contribution in [0.1, 0.15) is 60.7 Å². The van der Waals surface area contributed by atoms with Crippen molar-refractivity contribution in [1.82, 2.24) is 34.7 Å². The average Bonchev–Trinajstić information content (AvgIpc) is 3.35. The Hall–Kier alpha value is -3.10. The van der Waals surface area contributed by atoms with E-state index in [0.29, 0.717) is 30.2 Å². The van der Waals surface area contributed by atoms with Gasteiger partial charge in [0.2, 0.25) is 0 Å². The number of nitrogens with zero attached hydrogens (tertiary/aromatic N) is 7. The Morgan fingerprint density at radius 3 is 2.69 bits per heavy atom. The number of hydrogen-bond acceptors (Lipinski definition) is 5. The van der Waals surface area contributed by atoms with Crippen molar-refractivity contribution in [3.05, 3.63) is 53.6 Å². The van der Waals surface area contributed by atoms with Crippen molar-refractivity contribution in [2.24, 2.45) is 0 Å². The maximum absolute atomic E-state index is 13.2. The van der Waals surface area contributed by atoms with Crippen molar-refractivity contribution in [3.63, 3.8) is 0 Å². The third-order valence-corrected chi connectivity index (χ3v) is 5.40. The number of amides is 1. The Morgan fingerprint density at radius 1 is 1.21 bits per heavy atom. The van der Waals surface area contributed by atoms with Crippen molar-refractivity contribution >= 4 is 5.91 Å². The molecular formula is C20H24FN7O. The highest BCUT2D eigenvalue weighted by atomic mass is 19.1. The summed E-state index contributed by atoms with van der Waals surface area (Å²) in [5.41, 5.74) is 1.62. The first-order chi connectivity index (χ1) is 14.0. The summed E-state index contributed by atoms with van der Waals surface area (Å²) in [5, 5.41) is 16.6. The van der Waals surface area contributed by atoms with Crippen LogP contribution in [0, 0.1) is 12.7 Å². The molecule has 4 rings (SSSR count). The molecule has 9 heteroatoms. The van der Waals surface area contributed by atoms with Gasteiger partial charge in [-0.25, -0.2) is 9.07 Å². The van der Waals surface area contributed by atoms with Crippen molar-refractivity contribution in [3.8, 4) is 5.69 Å². The summed E-state index contributed by atoms with van der Waals surface area (Å²) in [6.45, 7) is 7.24. The number of likely N-dealkylation sites (tertiary alicyclic amines) is 1. The highest BCUT2D eigenvalue weighted by Crippen LogP contribution is 2.28. The number of aromatic nitrogens is 6. The fourth-order valence-corrected chi connectivity index (χ4v) is 3.82. The molecule has 1 saturated heterocycles. The van der Waals surface area contributed by atoms with E-state index in [9.17, 15) is 9.18 Å². The molecule has 1 aliphatic rings. The molecule has 3 heterocycles. The van der Waals surface area contributed by atoms with Crippen LogP contribution in [0.15, 0.2) is 30.6 Å². The molecule has 1 aromatic carbocycles. The van der Waals surface area contributed by atoms with E-state index in [2.05, 4.69) is 38.9 Å². The van der Waals surface area contributed by atoms with Gasteiger partial charge >= 0.3 is 0 Å². The fraction of sp³-hybridized carbons (Fsp3) is 0.450. The van der Waals surface area contributed by atoms with Crippen LogP contribution >= 0.6 is 0 Å². The molecule has 0 spiro atoms. The molecule has 1 amide bonds. The van der Waals surface area contributed by atoms with Gasteiger partial charge in [0.15, 0.2) is 5.69 Å². The number of carbonyl (C=O) groups is 1. The largest absolute Gasteiger partial charge is 0.336 e. The lowest BCUT2D eigenvalue weighted by molar-refractivity contribution is 0.0696. The van der Waals surface area contributed by atoms with Crippen molar-refractivity contribution in [1.29, 1.82) is 0 Å². The third-order valence-electron chi connectivity index (χ3n) is 5.40. The van der Waals surface area contributed by atoms with Crippen LogP contribution in [-0.4, -0.2) is 53.7 Å². The summed E-state index contributed by atoms with van der Waals surface area (Å²) in [7, 11) is 0. The van der Waals surface area contributed by atoms with E-state index in [1.54, 1.807) is 30.1 Å². The molecule has 8 nitrogen and oxygen atoms in total. The molecule has 152 valence electrons. The van der Waals surface area contributed by atoms with Crippen LogP contribution in [0.5, 0.6) is 0 Å². The van der Waals surface area contributed by atoms with Crippen LogP contribution in [0.2, 0.25) is 0 Å². The molecule has 0 N–H and O–H groups in total. The van der Waals surface area contributed by atoms with E-state index >= 15 is 0 Å². The van der Waals surface area contributed by atoms with Gasteiger partial charge in [-0.3, -0.25) is 4.79 Å². The van der Waals surface area contributed by atoms with E-state index in [0.717, 1.165) is 18.7 Å². The monoisotopic (exact) mass is 397 g/mol. The van der Waals surface area contributed by atoms with Gasteiger partial charge < -0.3 is 9.47 Å². The predicted molar refractivity (Wildman–Crippen MR) is 104 cm³/mol. The van der Waals surface area contributed by atoms with E-state index in [-0.39, 0.29) is 23.7 Å². The smallest absolute Gasteiger partial charge is 0.276 e. The predicted octanol–water partition coefficient (Wildman–Crippen LogP) is 2.91. The molecule has 0 radical (unpaired) electrons. The second-order valence-corrected chi connectivity index (χ2v) is 7.69. The molecule has 1 fully saturated rings. The van der Waals surface area contributed by atoms with E-state index in [1.807, 2.05) is 4.90 Å². The topological polar surface area (TPSA) is 81.7 Å². The first kappa shape index (κ1) is 19.2. The highest BCUT2D eigenvalue weighted by Gasteiger charge is 2.31. The number of rotatable bonds is 4. The molecule has 1 atom stereocenters. The van der Waals surface area contributed by atoms with Crippen molar-refractivity contribution in [2.45, 2.75) is 45.6 Å². The Bertz CT molecular complexity index is 1010. The lowest BCUT2D eigenvalue weighted by Gasteiger charge is -2.32. The van der Waals surface area contributed by atoms with Crippen LogP contribution in [0.25, 0.3) is 5.69 Å². The summed E-state index contributed by atoms with van der Waals surface area (Å²) < 4.78 is 16.8. The van der Waals surface area contributed by atoms with Gasteiger partial charge in [-0.2, -0.15) is 0 Å². The number of hydrogen-bond donors (Lipinski definition) is 0. The van der Waals surface area contributed by atoms with Crippen LogP contribution in [0.4, 0.5) is 4.39 Å². The minimum Gasteiger partial charge on any atom is -0.336 e. The number of piperidine rings is 1. The minimum absolute atomic E-state index is 0.142. The van der Waals surface area contributed by atoms with Crippen LogP contribution < -0.4 is 0 Å². The van der Waals surface area contributed by atoms with Crippen LogP contribution in [-0.2, 0) is 0 Å². The second kappa shape index (κ2) is 7.73. The summed E-state index contributed by atoms with van der Waals surface area (Å²) in [4.78, 5) is 15.0. The van der Waals surface area contributed by atoms with Crippen LogP contribution in [0.3, 0.4) is 0 Å². The molecule has 3 aromatic rings. The number of benzene rings is 1. The minimum atomic E-state index is -0.323. The molecule has 1 unspecified atom stereocenters. The first-order valence-corrected chi connectivity index (χ1v) is 9.82. The Kier molecular flexibility index (Phi) is 5.12. The molecule has 0 aliphatic carbocycles. The SMILES string of the molecule is Cc1c(C(=O)N2CCCC(c3nncn3C(C)C)C2)nnn1-c1ccc(F)cc1. The van der Waals surface area contributed by atoms with Gasteiger partial charge in [-0.15, -0.1) is 15.3 Å². The molecule has 0 bridgehead atoms. The molecule has 1 aliphatic heterocycles. The van der Waals surface area contributed by atoms with Crippen molar-refractivity contribution in [2.75, 3.05) is 13.1 Å². The van der Waals surface area contributed by atoms with E-state index in [4.69, 9.17) is 0 Å². The molecule has 29 heavy (non-hydrogen) atoms. The third kappa shape index (κ3) is 3.64. The molecular weight excluding hydrogens is 373 g/mol. The normalized spacial score (nSPS) is 17.1. The lowest BCUT2D eigenvalue weighted by atomic mass is 9.96. The molecule has 2 aromatic heterocycles. The second-order valence-electron chi connectivity index (χ2n) is 7.69. The van der Waals surface area contributed by atoms with E-state index in [1.165, 1.54) is 12.1 Å². The summed E-state index contributed by atoms with van der Waals surface area (Å²) in [6, 6.07) is 6.21. The quantitative estimate of drug-likeness (QED) is 0.676. The highest BCUT2D eigenvalue weighted by molar-refractivity contribution is 5.93. The summed E-state index contributed by atoms with van der Waals surface area (Å²) in [6.07, 6.45) is 3.61. The Labute approximate surface area is 168 Å². The van der Waals surface area contributed by atoms with Gasteiger partial charge in [0.1, 0.15) is 18.0 Å². The van der Waals surface area contributed by atoms with Gasteiger partial charge in [-0.1, -0.05) is 5.21 Å².